The van der Waals surface area contributed by atoms with E-state index in [2.05, 4.69) is 20.9 Å². The highest BCUT2D eigenvalue weighted by atomic mass is 79.9. The minimum atomic E-state index is -0.329. The summed E-state index contributed by atoms with van der Waals surface area (Å²) < 4.78 is 13.5. The van der Waals surface area contributed by atoms with E-state index in [0.29, 0.717) is 15.9 Å². The van der Waals surface area contributed by atoms with Gasteiger partial charge in [0, 0.05) is 18.9 Å². The highest BCUT2D eigenvalue weighted by Gasteiger charge is 2.13. The first-order valence-electron chi connectivity index (χ1n) is 5.23. The smallest absolute Gasteiger partial charge is 0.259 e. The lowest BCUT2D eigenvalue weighted by atomic mass is 10.2. The van der Waals surface area contributed by atoms with Crippen molar-refractivity contribution in [3.05, 3.63) is 58.6 Å². The lowest BCUT2D eigenvalue weighted by Crippen LogP contribution is -2.26. The number of pyridine rings is 1. The van der Waals surface area contributed by atoms with Crippen molar-refractivity contribution in [1.82, 2.24) is 4.98 Å². The van der Waals surface area contributed by atoms with Crippen LogP contribution in [0.2, 0.25) is 0 Å². The van der Waals surface area contributed by atoms with Crippen LogP contribution in [-0.2, 0) is 0 Å². The number of carbonyl (C=O) groups excluding carboxylic acids is 1. The Morgan fingerprint density at radius 3 is 2.44 bits per heavy atom. The van der Waals surface area contributed by atoms with Crippen molar-refractivity contribution < 1.29 is 9.18 Å². The molecule has 92 valence electrons. The van der Waals surface area contributed by atoms with E-state index in [-0.39, 0.29) is 11.7 Å². The number of hydrogen-bond donors (Lipinski definition) is 0. The van der Waals surface area contributed by atoms with Crippen LogP contribution in [-0.4, -0.2) is 17.9 Å². The first-order chi connectivity index (χ1) is 8.58. The first kappa shape index (κ1) is 12.7. The van der Waals surface area contributed by atoms with Crippen molar-refractivity contribution in [3.8, 4) is 0 Å². The Morgan fingerprint density at radius 2 is 1.89 bits per heavy atom. The number of nitrogens with zero attached hydrogens (tertiary/aromatic N) is 2. The van der Waals surface area contributed by atoms with E-state index in [1.807, 2.05) is 0 Å². The van der Waals surface area contributed by atoms with Crippen LogP contribution in [0.4, 0.5) is 10.1 Å². The van der Waals surface area contributed by atoms with Crippen molar-refractivity contribution in [2.24, 2.45) is 0 Å². The Morgan fingerprint density at radius 1 is 1.22 bits per heavy atom. The minimum absolute atomic E-state index is 0.193. The Balaban J connectivity index is 2.23. The first-order valence-corrected chi connectivity index (χ1v) is 6.02. The summed E-state index contributed by atoms with van der Waals surface area (Å²) in [6, 6.07) is 9.13. The molecular formula is C13H10BrFN2O. The number of rotatable bonds is 2. The van der Waals surface area contributed by atoms with E-state index < -0.39 is 0 Å². The molecule has 0 aliphatic carbocycles. The van der Waals surface area contributed by atoms with E-state index in [0.717, 1.165) is 0 Å². The molecule has 3 nitrogen and oxygen atoms in total. The number of benzene rings is 1. The van der Waals surface area contributed by atoms with Crippen molar-refractivity contribution in [2.75, 3.05) is 11.9 Å². The summed E-state index contributed by atoms with van der Waals surface area (Å²) in [6.07, 6.45) is 1.49. The molecular weight excluding hydrogens is 299 g/mol. The average Bonchev–Trinajstić information content (AvgIpc) is 2.39. The van der Waals surface area contributed by atoms with E-state index in [1.165, 1.54) is 23.2 Å². The van der Waals surface area contributed by atoms with Crippen LogP contribution in [0.15, 0.2) is 47.2 Å². The third-order valence-electron chi connectivity index (χ3n) is 2.49. The van der Waals surface area contributed by atoms with Crippen molar-refractivity contribution >= 4 is 27.5 Å². The van der Waals surface area contributed by atoms with Crippen LogP contribution in [0.1, 0.15) is 10.4 Å². The van der Waals surface area contributed by atoms with E-state index in [9.17, 15) is 9.18 Å². The Bertz CT molecular complexity index is 554. The third-order valence-corrected chi connectivity index (χ3v) is 2.96. The van der Waals surface area contributed by atoms with E-state index in [4.69, 9.17) is 0 Å². The summed E-state index contributed by atoms with van der Waals surface area (Å²) >= 11 is 3.21. The molecule has 0 N–H and O–H groups in total. The molecule has 0 saturated carbocycles. The summed E-state index contributed by atoms with van der Waals surface area (Å²) in [5.74, 6) is -0.522. The van der Waals surface area contributed by atoms with Crippen LogP contribution < -0.4 is 4.90 Å². The number of aromatic nitrogens is 1. The maximum absolute atomic E-state index is 12.8. The topological polar surface area (TPSA) is 33.2 Å². The molecule has 1 aromatic heterocycles. The van der Waals surface area contributed by atoms with Gasteiger partial charge in [-0.1, -0.05) is 0 Å². The molecule has 0 aliphatic heterocycles. The molecule has 0 unspecified atom stereocenters. The predicted molar refractivity (Wildman–Crippen MR) is 71.1 cm³/mol. The fourth-order valence-electron chi connectivity index (χ4n) is 1.48. The van der Waals surface area contributed by atoms with Crippen LogP contribution in [0.3, 0.4) is 0 Å². The monoisotopic (exact) mass is 308 g/mol. The van der Waals surface area contributed by atoms with Gasteiger partial charge in [-0.3, -0.25) is 4.79 Å². The zero-order valence-corrected chi connectivity index (χ0v) is 11.2. The van der Waals surface area contributed by atoms with Gasteiger partial charge in [-0.05, 0) is 52.3 Å². The number of anilines is 1. The van der Waals surface area contributed by atoms with Gasteiger partial charge in [0.2, 0.25) is 0 Å². The number of hydrogen-bond acceptors (Lipinski definition) is 2. The lowest BCUT2D eigenvalue weighted by Gasteiger charge is -2.17. The maximum Gasteiger partial charge on any atom is 0.259 e. The minimum Gasteiger partial charge on any atom is -0.311 e. The molecule has 5 heteroatoms. The molecule has 0 bridgehead atoms. The Kier molecular flexibility index (Phi) is 3.72. The summed E-state index contributed by atoms with van der Waals surface area (Å²) in [7, 11) is 1.64. The van der Waals surface area contributed by atoms with E-state index >= 15 is 0 Å². The largest absolute Gasteiger partial charge is 0.311 e. The summed E-state index contributed by atoms with van der Waals surface area (Å²) in [5.41, 5.74) is 1.11. The number of halogens is 2. The van der Waals surface area contributed by atoms with Gasteiger partial charge in [0.05, 0.1) is 5.56 Å². The van der Waals surface area contributed by atoms with Gasteiger partial charge in [0.1, 0.15) is 10.4 Å². The molecule has 0 radical (unpaired) electrons. The number of amides is 1. The van der Waals surface area contributed by atoms with E-state index in [1.54, 1.807) is 31.3 Å². The summed E-state index contributed by atoms with van der Waals surface area (Å²) in [4.78, 5) is 17.6. The van der Waals surface area contributed by atoms with Crippen LogP contribution >= 0.6 is 15.9 Å². The van der Waals surface area contributed by atoms with Crippen LogP contribution in [0, 0.1) is 5.82 Å². The zero-order chi connectivity index (χ0) is 13.1. The van der Waals surface area contributed by atoms with Gasteiger partial charge in [0.15, 0.2) is 0 Å². The molecule has 0 aliphatic rings. The molecule has 18 heavy (non-hydrogen) atoms. The quantitative estimate of drug-likeness (QED) is 0.798. The highest BCUT2D eigenvalue weighted by molar-refractivity contribution is 9.10. The third kappa shape index (κ3) is 2.73. The Labute approximate surface area is 112 Å². The SMILES string of the molecule is CN(C(=O)c1ccc(Br)nc1)c1ccc(F)cc1. The van der Waals surface area contributed by atoms with Crippen molar-refractivity contribution in [1.29, 1.82) is 0 Å². The molecule has 0 atom stereocenters. The highest BCUT2D eigenvalue weighted by Crippen LogP contribution is 2.16. The molecule has 1 amide bonds. The summed E-state index contributed by atoms with van der Waals surface area (Å²) in [5, 5.41) is 0. The molecule has 0 spiro atoms. The number of carbonyl (C=O) groups is 1. The predicted octanol–water partition coefficient (Wildman–Crippen LogP) is 3.26. The van der Waals surface area contributed by atoms with Crippen LogP contribution in [0.25, 0.3) is 0 Å². The standard InChI is InChI=1S/C13H10BrFN2O/c1-17(11-5-3-10(15)4-6-11)13(18)9-2-7-12(14)16-8-9/h2-8H,1H3. The lowest BCUT2D eigenvalue weighted by molar-refractivity contribution is 0.0992. The van der Waals surface area contributed by atoms with Gasteiger partial charge < -0.3 is 4.90 Å². The zero-order valence-electron chi connectivity index (χ0n) is 9.60. The maximum atomic E-state index is 12.8. The molecule has 0 fully saturated rings. The van der Waals surface area contributed by atoms with Gasteiger partial charge in [-0.25, -0.2) is 9.37 Å². The van der Waals surface area contributed by atoms with Gasteiger partial charge >= 0.3 is 0 Å². The second-order valence-corrected chi connectivity index (χ2v) is 4.52. The fourth-order valence-corrected chi connectivity index (χ4v) is 1.71. The van der Waals surface area contributed by atoms with Crippen molar-refractivity contribution in [2.45, 2.75) is 0 Å². The molecule has 2 rings (SSSR count). The van der Waals surface area contributed by atoms with Gasteiger partial charge in [-0.15, -0.1) is 0 Å². The molecule has 1 heterocycles. The molecule has 0 saturated heterocycles. The average molecular weight is 309 g/mol. The van der Waals surface area contributed by atoms with Gasteiger partial charge in [-0.2, -0.15) is 0 Å². The van der Waals surface area contributed by atoms with Crippen LogP contribution in [0.5, 0.6) is 0 Å². The molecule has 1 aromatic carbocycles. The second-order valence-electron chi connectivity index (χ2n) is 3.71. The second kappa shape index (κ2) is 5.27. The normalized spacial score (nSPS) is 10.2. The van der Waals surface area contributed by atoms with Gasteiger partial charge in [0.25, 0.3) is 5.91 Å². The molecule has 2 aromatic rings. The Hall–Kier alpha value is -1.75. The fraction of sp³-hybridized carbons (Fsp3) is 0.0769. The van der Waals surface area contributed by atoms with Crippen molar-refractivity contribution in [3.63, 3.8) is 0 Å². The summed E-state index contributed by atoms with van der Waals surface area (Å²) in [6.45, 7) is 0.